The fourth-order valence-corrected chi connectivity index (χ4v) is 3.11. The number of aliphatic imine (C=N–C) groups is 1. The number of guanidine groups is 1. The Morgan fingerprint density at radius 3 is 2.54 bits per heavy atom. The second-order valence-electron chi connectivity index (χ2n) is 6.78. The highest BCUT2D eigenvalue weighted by atomic mass is 16.1. The maximum absolute atomic E-state index is 11.6. The highest BCUT2D eigenvalue weighted by molar-refractivity contribution is 5.81. The highest BCUT2D eigenvalue weighted by Gasteiger charge is 2.20. The zero-order chi connectivity index (χ0) is 18.6. The maximum atomic E-state index is 11.6. The largest absolute Gasteiger partial charge is 0.356 e. The van der Waals surface area contributed by atoms with Crippen LogP contribution in [-0.4, -0.2) is 56.0 Å². The number of carbonyl (C=O) groups excluding carboxylic acids is 1. The average molecular weight is 360 g/mol. The normalized spacial score (nSPS) is 16.3. The predicted molar refractivity (Wildman–Crippen MR) is 107 cm³/mol. The number of rotatable bonds is 8. The maximum Gasteiger partial charge on any atom is 0.221 e. The Labute approximate surface area is 157 Å². The van der Waals surface area contributed by atoms with Crippen molar-refractivity contribution >= 4 is 11.9 Å². The molecule has 2 rings (SSSR count). The standard InChI is InChI=1S/C20H33N5O/c1-3-12-22-19(26)9-13-23-20(21-2)24-18-10-14-25(15-11-18)16-17-7-5-4-6-8-17/h4-8,18H,3,9-16H2,1-2H3,(H,22,26)(H2,21,23,24). The molecule has 0 bridgehead atoms. The molecule has 6 heteroatoms. The van der Waals surface area contributed by atoms with E-state index >= 15 is 0 Å². The van der Waals surface area contributed by atoms with Crippen molar-refractivity contribution in [1.29, 1.82) is 0 Å². The molecule has 0 aromatic heterocycles. The predicted octanol–water partition coefficient (Wildman–Crippen LogP) is 1.73. The van der Waals surface area contributed by atoms with E-state index in [0.29, 0.717) is 19.0 Å². The molecule has 1 aliphatic heterocycles. The van der Waals surface area contributed by atoms with Crippen molar-refractivity contribution in [2.24, 2.45) is 4.99 Å². The number of hydrogen-bond donors (Lipinski definition) is 3. The Kier molecular flexibility index (Phi) is 8.96. The summed E-state index contributed by atoms with van der Waals surface area (Å²) in [5.74, 6) is 0.874. The minimum atomic E-state index is 0.0871. The van der Waals surface area contributed by atoms with Crippen LogP contribution in [0.4, 0.5) is 0 Å². The van der Waals surface area contributed by atoms with Crippen LogP contribution >= 0.6 is 0 Å². The molecule has 0 saturated carbocycles. The van der Waals surface area contributed by atoms with Gasteiger partial charge in [0.2, 0.25) is 5.91 Å². The number of nitrogens with zero attached hydrogens (tertiary/aromatic N) is 2. The molecule has 1 fully saturated rings. The van der Waals surface area contributed by atoms with Gasteiger partial charge in [-0.2, -0.15) is 0 Å². The van der Waals surface area contributed by atoms with E-state index in [0.717, 1.165) is 51.4 Å². The molecule has 26 heavy (non-hydrogen) atoms. The van der Waals surface area contributed by atoms with Crippen molar-refractivity contribution in [2.45, 2.75) is 45.2 Å². The lowest BCUT2D eigenvalue weighted by Crippen LogP contribution is -2.49. The van der Waals surface area contributed by atoms with Gasteiger partial charge in [0.1, 0.15) is 0 Å². The van der Waals surface area contributed by atoms with Crippen LogP contribution in [0, 0.1) is 0 Å². The van der Waals surface area contributed by atoms with E-state index in [1.807, 2.05) is 0 Å². The van der Waals surface area contributed by atoms with Gasteiger partial charge in [0.25, 0.3) is 0 Å². The Balaban J connectivity index is 1.64. The van der Waals surface area contributed by atoms with Crippen LogP contribution in [0.1, 0.15) is 38.2 Å². The molecule has 0 spiro atoms. The van der Waals surface area contributed by atoms with Crippen LogP contribution in [0.25, 0.3) is 0 Å². The summed E-state index contributed by atoms with van der Waals surface area (Å²) in [5.41, 5.74) is 1.37. The van der Waals surface area contributed by atoms with Crippen LogP contribution in [0.15, 0.2) is 35.3 Å². The number of piperidine rings is 1. The van der Waals surface area contributed by atoms with Gasteiger partial charge in [0, 0.05) is 52.2 Å². The van der Waals surface area contributed by atoms with Crippen LogP contribution in [0.2, 0.25) is 0 Å². The van der Waals surface area contributed by atoms with Crippen LogP contribution in [-0.2, 0) is 11.3 Å². The molecule has 1 amide bonds. The number of amides is 1. The molecule has 6 nitrogen and oxygen atoms in total. The molecular formula is C20H33N5O. The van der Waals surface area contributed by atoms with Crippen molar-refractivity contribution < 1.29 is 4.79 Å². The second kappa shape index (κ2) is 11.5. The Morgan fingerprint density at radius 2 is 1.88 bits per heavy atom. The lowest BCUT2D eigenvalue weighted by atomic mass is 10.0. The molecule has 1 aromatic rings. The SMILES string of the molecule is CCCNC(=O)CCNC(=NC)NC1CCN(Cc2ccccc2)CC1. The van der Waals surface area contributed by atoms with E-state index in [1.165, 1.54) is 5.56 Å². The monoisotopic (exact) mass is 359 g/mol. The molecule has 0 radical (unpaired) electrons. The quantitative estimate of drug-likeness (QED) is 0.488. The van der Waals surface area contributed by atoms with E-state index in [9.17, 15) is 4.79 Å². The fourth-order valence-electron chi connectivity index (χ4n) is 3.11. The Bertz CT molecular complexity index is 553. The van der Waals surface area contributed by atoms with E-state index in [-0.39, 0.29) is 5.91 Å². The first kappa shape index (κ1) is 20.2. The van der Waals surface area contributed by atoms with Crippen molar-refractivity contribution in [3.8, 4) is 0 Å². The summed E-state index contributed by atoms with van der Waals surface area (Å²) in [5, 5.41) is 9.61. The zero-order valence-electron chi connectivity index (χ0n) is 16.1. The summed E-state index contributed by atoms with van der Waals surface area (Å²) in [4.78, 5) is 18.4. The lowest BCUT2D eigenvalue weighted by Gasteiger charge is -2.33. The third-order valence-electron chi connectivity index (χ3n) is 4.62. The molecule has 1 aliphatic rings. The third kappa shape index (κ3) is 7.44. The van der Waals surface area contributed by atoms with Gasteiger partial charge in [-0.15, -0.1) is 0 Å². The number of hydrogen-bond acceptors (Lipinski definition) is 3. The summed E-state index contributed by atoms with van der Waals surface area (Å²) < 4.78 is 0. The van der Waals surface area contributed by atoms with Gasteiger partial charge in [-0.3, -0.25) is 14.7 Å². The Morgan fingerprint density at radius 1 is 1.15 bits per heavy atom. The molecular weight excluding hydrogens is 326 g/mol. The van der Waals surface area contributed by atoms with Crippen molar-refractivity contribution in [1.82, 2.24) is 20.9 Å². The van der Waals surface area contributed by atoms with Crippen molar-refractivity contribution in [3.05, 3.63) is 35.9 Å². The first-order valence-corrected chi connectivity index (χ1v) is 9.71. The molecule has 1 aromatic carbocycles. The molecule has 0 aliphatic carbocycles. The van der Waals surface area contributed by atoms with Crippen LogP contribution in [0.5, 0.6) is 0 Å². The van der Waals surface area contributed by atoms with E-state index in [4.69, 9.17) is 0 Å². The van der Waals surface area contributed by atoms with Crippen molar-refractivity contribution in [3.63, 3.8) is 0 Å². The summed E-state index contributed by atoms with van der Waals surface area (Å²) >= 11 is 0. The van der Waals surface area contributed by atoms with Gasteiger partial charge in [-0.05, 0) is 24.8 Å². The van der Waals surface area contributed by atoms with Gasteiger partial charge < -0.3 is 16.0 Å². The number of likely N-dealkylation sites (tertiary alicyclic amines) is 1. The summed E-state index contributed by atoms with van der Waals surface area (Å²) in [6.07, 6.45) is 3.64. The first-order chi connectivity index (χ1) is 12.7. The summed E-state index contributed by atoms with van der Waals surface area (Å²) in [7, 11) is 1.77. The van der Waals surface area contributed by atoms with Crippen molar-refractivity contribution in [2.75, 3.05) is 33.2 Å². The molecule has 1 heterocycles. The molecule has 144 valence electrons. The molecule has 3 N–H and O–H groups in total. The van der Waals surface area contributed by atoms with Gasteiger partial charge in [-0.1, -0.05) is 37.3 Å². The van der Waals surface area contributed by atoms with E-state index < -0.39 is 0 Å². The second-order valence-corrected chi connectivity index (χ2v) is 6.78. The molecule has 0 unspecified atom stereocenters. The van der Waals surface area contributed by atoms with E-state index in [2.05, 4.69) is 63.1 Å². The van der Waals surface area contributed by atoms with Gasteiger partial charge in [0.15, 0.2) is 5.96 Å². The van der Waals surface area contributed by atoms with Gasteiger partial charge in [0.05, 0.1) is 0 Å². The summed E-state index contributed by atoms with van der Waals surface area (Å²) in [6, 6.07) is 11.1. The minimum absolute atomic E-state index is 0.0871. The first-order valence-electron chi connectivity index (χ1n) is 9.71. The summed E-state index contributed by atoms with van der Waals surface area (Å²) in [6.45, 7) is 6.59. The molecule has 0 atom stereocenters. The number of carbonyl (C=O) groups is 1. The van der Waals surface area contributed by atoms with E-state index in [1.54, 1.807) is 7.05 Å². The third-order valence-corrected chi connectivity index (χ3v) is 4.62. The Hall–Kier alpha value is -2.08. The topological polar surface area (TPSA) is 68.8 Å². The zero-order valence-corrected chi connectivity index (χ0v) is 16.1. The molecule has 1 saturated heterocycles. The lowest BCUT2D eigenvalue weighted by molar-refractivity contribution is -0.120. The number of nitrogens with one attached hydrogen (secondary N) is 3. The highest BCUT2D eigenvalue weighted by Crippen LogP contribution is 2.13. The average Bonchev–Trinajstić information content (AvgIpc) is 2.67. The minimum Gasteiger partial charge on any atom is -0.356 e. The smallest absolute Gasteiger partial charge is 0.221 e. The fraction of sp³-hybridized carbons (Fsp3) is 0.600. The van der Waals surface area contributed by atoms with Gasteiger partial charge in [-0.25, -0.2) is 0 Å². The number of benzene rings is 1. The van der Waals surface area contributed by atoms with Crippen LogP contribution in [0.3, 0.4) is 0 Å². The van der Waals surface area contributed by atoms with Crippen LogP contribution < -0.4 is 16.0 Å². The van der Waals surface area contributed by atoms with Gasteiger partial charge >= 0.3 is 0 Å².